The number of amides is 1. The molecule has 26 heavy (non-hydrogen) atoms. The van der Waals surface area contributed by atoms with Gasteiger partial charge in [0.25, 0.3) is 5.91 Å². The van der Waals surface area contributed by atoms with Crippen LogP contribution in [0.4, 0.5) is 0 Å². The number of rotatable bonds is 6. The van der Waals surface area contributed by atoms with E-state index in [-0.39, 0.29) is 18.0 Å². The Morgan fingerprint density at radius 3 is 2.85 bits per heavy atom. The maximum absolute atomic E-state index is 12.6. The minimum Gasteiger partial charge on any atom is -0.497 e. The zero-order valence-electron chi connectivity index (χ0n) is 14.7. The second-order valence-corrected chi connectivity index (χ2v) is 8.20. The predicted octanol–water partition coefficient (Wildman–Crippen LogP) is 1.11. The number of hydrogen-bond donors (Lipinski definition) is 1. The molecule has 1 aromatic heterocycles. The number of carbonyl (C=O) groups excluding carboxylic acids is 1. The third-order valence-electron chi connectivity index (χ3n) is 4.29. The van der Waals surface area contributed by atoms with E-state index in [9.17, 15) is 13.2 Å². The number of ether oxygens (including phenoxy) is 1. The molecule has 140 valence electrons. The fourth-order valence-corrected chi connectivity index (χ4v) is 4.18. The van der Waals surface area contributed by atoms with Gasteiger partial charge in [0.05, 0.1) is 12.9 Å². The Balaban J connectivity index is 1.57. The van der Waals surface area contributed by atoms with Crippen LogP contribution in [0.2, 0.25) is 0 Å². The van der Waals surface area contributed by atoms with Gasteiger partial charge in [-0.3, -0.25) is 4.79 Å². The average molecular weight is 379 g/mol. The highest BCUT2D eigenvalue weighted by Crippen LogP contribution is 2.25. The quantitative estimate of drug-likeness (QED) is 0.807. The molecule has 1 amide bonds. The van der Waals surface area contributed by atoms with Crippen LogP contribution in [-0.4, -0.2) is 49.7 Å². The van der Waals surface area contributed by atoms with Gasteiger partial charge in [-0.15, -0.1) is 0 Å². The lowest BCUT2D eigenvalue weighted by atomic mass is 10.0. The summed E-state index contributed by atoms with van der Waals surface area (Å²) in [6, 6.07) is 7.17. The summed E-state index contributed by atoms with van der Waals surface area (Å²) in [4.78, 5) is 11.9. The van der Waals surface area contributed by atoms with Crippen molar-refractivity contribution in [3.05, 3.63) is 46.8 Å². The molecule has 0 atom stereocenters. The van der Waals surface area contributed by atoms with Gasteiger partial charge in [0.15, 0.2) is 5.69 Å². The molecule has 0 spiro atoms. The van der Waals surface area contributed by atoms with Gasteiger partial charge in [-0.1, -0.05) is 11.2 Å². The number of sulfonamides is 1. The second kappa shape index (κ2) is 7.46. The molecule has 9 heteroatoms. The van der Waals surface area contributed by atoms with Gasteiger partial charge in [-0.05, 0) is 36.6 Å². The molecule has 3 rings (SSSR count). The zero-order chi connectivity index (χ0) is 18.7. The second-order valence-electron chi connectivity index (χ2n) is 6.11. The minimum atomic E-state index is -3.47. The van der Waals surface area contributed by atoms with E-state index >= 15 is 0 Å². The Kier molecular flexibility index (Phi) is 5.28. The lowest BCUT2D eigenvalue weighted by molar-refractivity contribution is 0.0947. The van der Waals surface area contributed by atoms with Crippen molar-refractivity contribution in [1.82, 2.24) is 14.8 Å². The SMILES string of the molecule is COc1ccc2c(c1)CCN(S(=O)(=O)CCNC(=O)c1cc(C)on1)C2. The van der Waals surface area contributed by atoms with Crippen LogP contribution in [0, 0.1) is 6.92 Å². The van der Waals surface area contributed by atoms with Gasteiger partial charge in [0.2, 0.25) is 10.0 Å². The van der Waals surface area contributed by atoms with Gasteiger partial charge >= 0.3 is 0 Å². The molecule has 0 saturated carbocycles. The molecule has 0 radical (unpaired) electrons. The smallest absolute Gasteiger partial charge is 0.273 e. The molecular weight excluding hydrogens is 358 g/mol. The monoisotopic (exact) mass is 379 g/mol. The van der Waals surface area contributed by atoms with Crippen molar-refractivity contribution < 1.29 is 22.5 Å². The third-order valence-corrected chi connectivity index (χ3v) is 6.11. The van der Waals surface area contributed by atoms with Crippen molar-refractivity contribution in [2.75, 3.05) is 26.0 Å². The van der Waals surface area contributed by atoms with Crippen molar-refractivity contribution in [3.8, 4) is 5.75 Å². The van der Waals surface area contributed by atoms with Crippen LogP contribution < -0.4 is 10.1 Å². The van der Waals surface area contributed by atoms with E-state index < -0.39 is 15.9 Å². The minimum absolute atomic E-state index is 0.0129. The summed E-state index contributed by atoms with van der Waals surface area (Å²) in [5.41, 5.74) is 2.22. The van der Waals surface area contributed by atoms with E-state index in [1.165, 1.54) is 10.4 Å². The maximum atomic E-state index is 12.6. The first-order chi connectivity index (χ1) is 12.4. The van der Waals surface area contributed by atoms with Crippen LogP contribution in [0.15, 0.2) is 28.8 Å². The van der Waals surface area contributed by atoms with E-state index in [1.807, 2.05) is 18.2 Å². The largest absolute Gasteiger partial charge is 0.497 e. The molecule has 1 N–H and O–H groups in total. The molecule has 1 aliphatic heterocycles. The number of aryl methyl sites for hydroxylation is 1. The number of aromatic nitrogens is 1. The van der Waals surface area contributed by atoms with Crippen LogP contribution in [0.25, 0.3) is 0 Å². The first-order valence-corrected chi connectivity index (χ1v) is 9.85. The number of nitrogens with one attached hydrogen (secondary N) is 1. The number of carbonyl (C=O) groups is 1. The number of nitrogens with zero attached hydrogens (tertiary/aromatic N) is 2. The van der Waals surface area contributed by atoms with Crippen molar-refractivity contribution in [2.24, 2.45) is 0 Å². The Bertz CT molecular complexity index is 907. The molecule has 0 aliphatic carbocycles. The Labute approximate surface area is 152 Å². The van der Waals surface area contributed by atoms with Crippen molar-refractivity contribution in [3.63, 3.8) is 0 Å². The van der Waals surface area contributed by atoms with Crippen molar-refractivity contribution >= 4 is 15.9 Å². The Hall–Kier alpha value is -2.39. The molecule has 8 nitrogen and oxygen atoms in total. The predicted molar refractivity (Wildman–Crippen MR) is 94.5 cm³/mol. The third kappa shape index (κ3) is 4.05. The molecule has 1 aromatic carbocycles. The van der Waals surface area contributed by atoms with E-state index in [0.29, 0.717) is 25.3 Å². The number of hydrogen-bond acceptors (Lipinski definition) is 6. The van der Waals surface area contributed by atoms with Crippen molar-refractivity contribution in [1.29, 1.82) is 0 Å². The van der Waals surface area contributed by atoms with Crippen LogP contribution in [0.3, 0.4) is 0 Å². The Morgan fingerprint density at radius 1 is 1.35 bits per heavy atom. The summed E-state index contributed by atoms with van der Waals surface area (Å²) in [6.07, 6.45) is 0.635. The molecule has 2 aromatic rings. The molecule has 2 heterocycles. The van der Waals surface area contributed by atoms with Gasteiger partial charge < -0.3 is 14.6 Å². The first-order valence-electron chi connectivity index (χ1n) is 8.24. The topological polar surface area (TPSA) is 102 Å². The highest BCUT2D eigenvalue weighted by Gasteiger charge is 2.27. The van der Waals surface area contributed by atoms with E-state index in [0.717, 1.165) is 16.9 Å². The van der Waals surface area contributed by atoms with Gasteiger partial charge in [-0.2, -0.15) is 4.31 Å². The summed E-state index contributed by atoms with van der Waals surface area (Å²) in [7, 11) is -1.86. The average Bonchev–Trinajstić information content (AvgIpc) is 3.07. The number of fused-ring (bicyclic) bond motifs is 1. The zero-order valence-corrected chi connectivity index (χ0v) is 15.5. The molecule has 0 fully saturated rings. The highest BCUT2D eigenvalue weighted by molar-refractivity contribution is 7.89. The fourth-order valence-electron chi connectivity index (χ4n) is 2.85. The lowest BCUT2D eigenvalue weighted by Crippen LogP contribution is -2.40. The first kappa shape index (κ1) is 18.4. The number of benzene rings is 1. The molecule has 0 unspecified atom stereocenters. The van der Waals surface area contributed by atoms with Crippen LogP contribution >= 0.6 is 0 Å². The molecule has 0 saturated heterocycles. The molecule has 1 aliphatic rings. The highest BCUT2D eigenvalue weighted by atomic mass is 32.2. The summed E-state index contributed by atoms with van der Waals surface area (Å²) in [6.45, 7) is 2.44. The summed E-state index contributed by atoms with van der Waals surface area (Å²) < 4.78 is 36.6. The van der Waals surface area contributed by atoms with Gasteiger partial charge in [0, 0.05) is 25.7 Å². The van der Waals surface area contributed by atoms with Gasteiger partial charge in [0.1, 0.15) is 11.5 Å². The molecular formula is C17H21N3O5S. The van der Waals surface area contributed by atoms with Gasteiger partial charge in [-0.25, -0.2) is 8.42 Å². The number of methoxy groups -OCH3 is 1. The Morgan fingerprint density at radius 2 is 2.15 bits per heavy atom. The van der Waals surface area contributed by atoms with Crippen LogP contribution in [0.1, 0.15) is 27.4 Å². The lowest BCUT2D eigenvalue weighted by Gasteiger charge is -2.28. The normalized spacial score (nSPS) is 14.7. The van der Waals surface area contributed by atoms with Crippen LogP contribution in [-0.2, 0) is 23.0 Å². The summed E-state index contributed by atoms with van der Waals surface area (Å²) in [5.74, 6) is 0.673. The summed E-state index contributed by atoms with van der Waals surface area (Å²) in [5, 5.41) is 6.16. The van der Waals surface area contributed by atoms with E-state index in [2.05, 4.69) is 10.5 Å². The fraction of sp³-hybridized carbons (Fsp3) is 0.412. The standard InChI is InChI=1S/C17H21N3O5S/c1-12-9-16(19-25-12)17(21)18-6-8-26(22,23)20-7-5-13-10-15(24-2)4-3-14(13)11-20/h3-4,9-10H,5-8,11H2,1-2H3,(H,18,21). The summed E-state index contributed by atoms with van der Waals surface area (Å²) >= 11 is 0. The maximum Gasteiger partial charge on any atom is 0.273 e. The molecule has 0 bridgehead atoms. The van der Waals surface area contributed by atoms with E-state index in [4.69, 9.17) is 9.26 Å². The van der Waals surface area contributed by atoms with Crippen molar-refractivity contribution in [2.45, 2.75) is 19.9 Å². The van der Waals surface area contributed by atoms with Crippen LogP contribution in [0.5, 0.6) is 5.75 Å². The van der Waals surface area contributed by atoms with E-state index in [1.54, 1.807) is 14.0 Å².